The Morgan fingerprint density at radius 3 is 2.38 bits per heavy atom. The summed E-state index contributed by atoms with van der Waals surface area (Å²) < 4.78 is 24.5. The van der Waals surface area contributed by atoms with Crippen molar-refractivity contribution in [1.29, 1.82) is 0 Å². The molecule has 0 spiro atoms. The first-order valence-electron chi connectivity index (χ1n) is 7.30. The van der Waals surface area contributed by atoms with Crippen LogP contribution in [0.2, 0.25) is 5.02 Å². The highest BCUT2D eigenvalue weighted by Gasteiger charge is 2.25. The summed E-state index contributed by atoms with van der Waals surface area (Å²) in [6.07, 6.45) is 3.98. The number of nitrogens with one attached hydrogen (secondary N) is 1. The van der Waals surface area contributed by atoms with E-state index in [0.717, 1.165) is 24.3 Å². The van der Waals surface area contributed by atoms with Gasteiger partial charge in [-0.25, -0.2) is 12.7 Å². The summed E-state index contributed by atoms with van der Waals surface area (Å²) in [4.78, 5) is 0. The molecule has 2 rings (SSSR count). The standard InChI is InChI=1S/C15H23ClN2O2S/c1-12(11-13-3-5-14(16)6-4-13)17-15-7-9-18(10-8-15)21(2,19)20/h3-6,12,15,17H,7-11H2,1-2H3. The van der Waals surface area contributed by atoms with E-state index in [4.69, 9.17) is 11.6 Å². The molecule has 1 aromatic rings. The fourth-order valence-corrected chi connectivity index (χ4v) is 3.79. The molecule has 118 valence electrons. The van der Waals surface area contributed by atoms with Crippen molar-refractivity contribution < 1.29 is 8.42 Å². The third-order valence-electron chi connectivity index (χ3n) is 3.90. The molecule has 0 bridgehead atoms. The lowest BCUT2D eigenvalue weighted by Crippen LogP contribution is -2.47. The first-order chi connectivity index (χ1) is 9.84. The lowest BCUT2D eigenvalue weighted by Gasteiger charge is -2.32. The van der Waals surface area contributed by atoms with Gasteiger partial charge in [-0.1, -0.05) is 23.7 Å². The summed E-state index contributed by atoms with van der Waals surface area (Å²) in [5, 5.41) is 4.36. The van der Waals surface area contributed by atoms with Crippen molar-refractivity contribution in [2.24, 2.45) is 0 Å². The molecular weight excluding hydrogens is 308 g/mol. The van der Waals surface area contributed by atoms with Gasteiger partial charge in [0.05, 0.1) is 6.26 Å². The number of halogens is 1. The number of hydrogen-bond donors (Lipinski definition) is 1. The van der Waals surface area contributed by atoms with Crippen molar-refractivity contribution >= 4 is 21.6 Å². The summed E-state index contributed by atoms with van der Waals surface area (Å²) in [6.45, 7) is 3.39. The van der Waals surface area contributed by atoms with Crippen molar-refractivity contribution in [2.45, 2.75) is 38.3 Å². The average molecular weight is 331 g/mol. The Labute approximate surface area is 132 Å². The Morgan fingerprint density at radius 2 is 1.86 bits per heavy atom. The molecule has 1 N–H and O–H groups in total. The van der Waals surface area contributed by atoms with E-state index in [1.54, 1.807) is 4.31 Å². The Morgan fingerprint density at radius 1 is 1.29 bits per heavy atom. The molecule has 0 saturated carbocycles. The molecule has 1 aromatic carbocycles. The fourth-order valence-electron chi connectivity index (χ4n) is 2.79. The van der Waals surface area contributed by atoms with E-state index in [1.807, 2.05) is 24.3 Å². The zero-order valence-electron chi connectivity index (χ0n) is 12.5. The molecule has 1 aliphatic heterocycles. The van der Waals surface area contributed by atoms with Gasteiger partial charge in [0.15, 0.2) is 0 Å². The Hall–Kier alpha value is -0.620. The molecule has 0 aliphatic carbocycles. The van der Waals surface area contributed by atoms with Crippen LogP contribution in [0.1, 0.15) is 25.3 Å². The second kappa shape index (κ2) is 7.09. The molecule has 1 saturated heterocycles. The maximum Gasteiger partial charge on any atom is 0.211 e. The maximum absolute atomic E-state index is 11.5. The van der Waals surface area contributed by atoms with Crippen LogP contribution in [-0.4, -0.2) is 44.2 Å². The van der Waals surface area contributed by atoms with Gasteiger partial charge >= 0.3 is 0 Å². The number of piperidine rings is 1. The molecular formula is C15H23ClN2O2S. The number of hydrogen-bond acceptors (Lipinski definition) is 3. The second-order valence-corrected chi connectivity index (χ2v) is 8.25. The van der Waals surface area contributed by atoms with Crippen molar-refractivity contribution in [2.75, 3.05) is 19.3 Å². The van der Waals surface area contributed by atoms with Gasteiger partial charge in [0.2, 0.25) is 10.0 Å². The van der Waals surface area contributed by atoms with E-state index >= 15 is 0 Å². The monoisotopic (exact) mass is 330 g/mol. The first-order valence-corrected chi connectivity index (χ1v) is 9.53. The largest absolute Gasteiger partial charge is 0.311 e. The van der Waals surface area contributed by atoms with Gasteiger partial charge in [0.1, 0.15) is 0 Å². The number of sulfonamides is 1. The van der Waals surface area contributed by atoms with Gasteiger partial charge in [-0.2, -0.15) is 0 Å². The van der Waals surface area contributed by atoms with Crippen LogP contribution >= 0.6 is 11.6 Å². The minimum absolute atomic E-state index is 0.362. The third-order valence-corrected chi connectivity index (χ3v) is 5.45. The first kappa shape index (κ1) is 16.7. The molecule has 1 aliphatic rings. The van der Waals surface area contributed by atoms with E-state index in [2.05, 4.69) is 12.2 Å². The van der Waals surface area contributed by atoms with Crippen LogP contribution in [0.4, 0.5) is 0 Å². The van der Waals surface area contributed by atoms with Gasteiger partial charge in [0, 0.05) is 30.2 Å². The third kappa shape index (κ3) is 5.25. The molecule has 21 heavy (non-hydrogen) atoms. The second-order valence-electron chi connectivity index (χ2n) is 5.83. The summed E-state index contributed by atoms with van der Waals surface area (Å²) in [7, 11) is -3.04. The fraction of sp³-hybridized carbons (Fsp3) is 0.600. The lowest BCUT2D eigenvalue weighted by atomic mass is 10.0. The summed E-state index contributed by atoms with van der Waals surface area (Å²) >= 11 is 5.88. The topological polar surface area (TPSA) is 49.4 Å². The predicted octanol–water partition coefficient (Wildman–Crippen LogP) is 2.28. The van der Waals surface area contributed by atoms with Crippen LogP contribution in [0, 0.1) is 0 Å². The highest BCUT2D eigenvalue weighted by Crippen LogP contribution is 2.15. The number of benzene rings is 1. The highest BCUT2D eigenvalue weighted by atomic mass is 35.5. The normalized spacial score (nSPS) is 19.6. The maximum atomic E-state index is 11.5. The lowest BCUT2D eigenvalue weighted by molar-refractivity contribution is 0.277. The summed E-state index contributed by atoms with van der Waals surface area (Å²) in [5.74, 6) is 0. The predicted molar refractivity (Wildman–Crippen MR) is 87.2 cm³/mol. The van der Waals surface area contributed by atoms with Crippen molar-refractivity contribution in [3.63, 3.8) is 0 Å². The minimum Gasteiger partial charge on any atom is -0.311 e. The van der Waals surface area contributed by atoms with E-state index < -0.39 is 10.0 Å². The van der Waals surface area contributed by atoms with E-state index in [9.17, 15) is 8.42 Å². The molecule has 0 radical (unpaired) electrons. The zero-order valence-corrected chi connectivity index (χ0v) is 14.1. The van der Waals surface area contributed by atoms with Gasteiger partial charge in [-0.05, 0) is 43.9 Å². The molecule has 1 fully saturated rings. The van der Waals surface area contributed by atoms with Gasteiger partial charge in [-0.15, -0.1) is 0 Å². The summed E-state index contributed by atoms with van der Waals surface area (Å²) in [6, 6.07) is 8.67. The van der Waals surface area contributed by atoms with Crippen molar-refractivity contribution in [1.82, 2.24) is 9.62 Å². The van der Waals surface area contributed by atoms with Crippen LogP contribution in [-0.2, 0) is 16.4 Å². The summed E-state index contributed by atoms with van der Waals surface area (Å²) in [5.41, 5.74) is 1.26. The highest BCUT2D eigenvalue weighted by molar-refractivity contribution is 7.88. The minimum atomic E-state index is -3.04. The SMILES string of the molecule is CC(Cc1ccc(Cl)cc1)NC1CCN(S(C)(=O)=O)CC1. The molecule has 0 amide bonds. The Kier molecular flexibility index (Phi) is 5.66. The molecule has 4 nitrogen and oxygen atoms in total. The van der Waals surface area contributed by atoms with Crippen LogP contribution < -0.4 is 5.32 Å². The van der Waals surface area contributed by atoms with Gasteiger partial charge in [0.25, 0.3) is 0 Å². The number of rotatable bonds is 5. The van der Waals surface area contributed by atoms with Crippen LogP contribution in [0.25, 0.3) is 0 Å². The van der Waals surface area contributed by atoms with Crippen molar-refractivity contribution in [3.8, 4) is 0 Å². The quantitative estimate of drug-likeness (QED) is 0.901. The number of nitrogens with zero attached hydrogens (tertiary/aromatic N) is 1. The molecule has 1 atom stereocenters. The van der Waals surface area contributed by atoms with E-state index in [0.29, 0.717) is 25.2 Å². The molecule has 6 heteroatoms. The average Bonchev–Trinajstić information content (AvgIpc) is 2.41. The van der Waals surface area contributed by atoms with Crippen LogP contribution in [0.5, 0.6) is 0 Å². The molecule has 0 aromatic heterocycles. The van der Waals surface area contributed by atoms with Gasteiger partial charge < -0.3 is 5.32 Å². The van der Waals surface area contributed by atoms with E-state index in [1.165, 1.54) is 11.8 Å². The molecule has 1 unspecified atom stereocenters. The van der Waals surface area contributed by atoms with Gasteiger partial charge in [-0.3, -0.25) is 0 Å². The van der Waals surface area contributed by atoms with E-state index in [-0.39, 0.29) is 0 Å². The zero-order chi connectivity index (χ0) is 15.5. The Bertz CT molecular complexity index is 552. The van der Waals surface area contributed by atoms with Crippen LogP contribution in [0.15, 0.2) is 24.3 Å². The Balaban J connectivity index is 1.79. The van der Waals surface area contributed by atoms with Crippen LogP contribution in [0.3, 0.4) is 0 Å². The van der Waals surface area contributed by atoms with Crippen molar-refractivity contribution in [3.05, 3.63) is 34.9 Å². The smallest absolute Gasteiger partial charge is 0.211 e. The molecule has 1 heterocycles.